The molecular weight excluding hydrogens is 280 g/mol. The van der Waals surface area contributed by atoms with Crippen LogP contribution in [0.25, 0.3) is 0 Å². The average molecular weight is 300 g/mol. The third-order valence-corrected chi connectivity index (χ3v) is 4.17. The highest BCUT2D eigenvalue weighted by Gasteiger charge is 2.13. The van der Waals surface area contributed by atoms with Crippen LogP contribution >= 0.6 is 0 Å². The minimum atomic E-state index is -3.50. The Morgan fingerprint density at radius 3 is 2.40 bits per heavy atom. The Hall–Kier alpha value is -1.44. The molecule has 0 saturated heterocycles. The van der Waals surface area contributed by atoms with Gasteiger partial charge in [-0.05, 0) is 37.6 Å². The highest BCUT2D eigenvalue weighted by Crippen LogP contribution is 2.10. The van der Waals surface area contributed by atoms with E-state index in [0.29, 0.717) is 25.1 Å². The molecule has 3 N–H and O–H groups in total. The molecule has 1 aromatic carbocycles. The number of rotatable bonds is 7. The topological polar surface area (TPSA) is 95.5 Å². The summed E-state index contributed by atoms with van der Waals surface area (Å²) in [6.07, 6.45) is 0.00135. The van der Waals surface area contributed by atoms with Crippen LogP contribution in [0.2, 0.25) is 0 Å². The molecule has 0 heterocycles. The average Bonchev–Trinajstić information content (AvgIpc) is 2.38. The van der Waals surface area contributed by atoms with Crippen molar-refractivity contribution in [3.05, 3.63) is 29.8 Å². The zero-order valence-electron chi connectivity index (χ0n) is 11.6. The predicted molar refractivity (Wildman–Crippen MR) is 75.9 cm³/mol. The molecule has 6 nitrogen and oxygen atoms in total. The number of hydrogen-bond donors (Lipinski definition) is 3. The molecule has 0 radical (unpaired) electrons. The van der Waals surface area contributed by atoms with Gasteiger partial charge < -0.3 is 10.4 Å². The Morgan fingerprint density at radius 2 is 1.90 bits per heavy atom. The third kappa shape index (κ3) is 4.92. The van der Waals surface area contributed by atoms with Gasteiger partial charge in [-0.15, -0.1) is 0 Å². The summed E-state index contributed by atoms with van der Waals surface area (Å²) in [4.78, 5) is 11.9. The van der Waals surface area contributed by atoms with Gasteiger partial charge in [0, 0.05) is 18.7 Å². The van der Waals surface area contributed by atoms with Crippen LogP contribution in [0.1, 0.15) is 30.6 Å². The molecule has 1 amide bonds. The van der Waals surface area contributed by atoms with Crippen LogP contribution in [0.3, 0.4) is 0 Å². The lowest BCUT2D eigenvalue weighted by molar-refractivity contribution is 0.0945. The number of carbonyl (C=O) groups is 1. The summed E-state index contributed by atoms with van der Waals surface area (Å²) in [6.45, 7) is 4.02. The Kier molecular flexibility index (Phi) is 6.12. The summed E-state index contributed by atoms with van der Waals surface area (Å²) in [5.41, 5.74) is 0.381. The lowest BCUT2D eigenvalue weighted by Crippen LogP contribution is -2.27. The van der Waals surface area contributed by atoms with E-state index in [1.807, 2.05) is 0 Å². The molecule has 0 bridgehead atoms. The number of aliphatic hydroxyl groups is 1. The molecule has 0 saturated carbocycles. The number of sulfonamides is 1. The number of aliphatic hydroxyl groups excluding tert-OH is 1. The number of hydrogen-bond acceptors (Lipinski definition) is 4. The smallest absolute Gasteiger partial charge is 0.251 e. The summed E-state index contributed by atoms with van der Waals surface area (Å²) in [6, 6.07) is 5.70. The van der Waals surface area contributed by atoms with E-state index in [-0.39, 0.29) is 10.8 Å². The Balaban J connectivity index is 2.69. The normalized spacial score (nSPS) is 12.9. The first-order chi connectivity index (χ1) is 9.36. The van der Waals surface area contributed by atoms with Gasteiger partial charge in [-0.25, -0.2) is 13.1 Å². The second kappa shape index (κ2) is 7.37. The van der Waals surface area contributed by atoms with Gasteiger partial charge >= 0.3 is 0 Å². The number of benzene rings is 1. The number of amides is 1. The minimum Gasteiger partial charge on any atom is -0.393 e. The van der Waals surface area contributed by atoms with Gasteiger partial charge in [-0.3, -0.25) is 4.79 Å². The van der Waals surface area contributed by atoms with E-state index in [0.717, 1.165) is 0 Å². The largest absolute Gasteiger partial charge is 0.393 e. The van der Waals surface area contributed by atoms with Crippen LogP contribution in [0.4, 0.5) is 0 Å². The Bertz CT molecular complexity index is 538. The van der Waals surface area contributed by atoms with Crippen LogP contribution < -0.4 is 10.0 Å². The van der Waals surface area contributed by atoms with Crippen LogP contribution in [0, 0.1) is 0 Å². The summed E-state index contributed by atoms with van der Waals surface area (Å²) < 4.78 is 25.8. The monoisotopic (exact) mass is 300 g/mol. The maximum absolute atomic E-state index is 11.8. The minimum absolute atomic E-state index is 0.125. The molecular formula is C13H20N2O4S. The van der Waals surface area contributed by atoms with Crippen molar-refractivity contribution in [1.29, 1.82) is 0 Å². The first-order valence-electron chi connectivity index (χ1n) is 6.43. The van der Waals surface area contributed by atoms with Crippen molar-refractivity contribution in [2.75, 3.05) is 13.1 Å². The molecule has 7 heteroatoms. The van der Waals surface area contributed by atoms with Gasteiger partial charge in [0.05, 0.1) is 11.0 Å². The highest BCUT2D eigenvalue weighted by atomic mass is 32.2. The Labute approximate surface area is 119 Å². The molecule has 1 atom stereocenters. The summed E-state index contributed by atoms with van der Waals surface area (Å²) in [5.74, 6) is -0.293. The molecule has 1 unspecified atom stereocenters. The Morgan fingerprint density at radius 1 is 1.30 bits per heavy atom. The zero-order chi connectivity index (χ0) is 15.2. The van der Waals surface area contributed by atoms with Crippen molar-refractivity contribution in [3.63, 3.8) is 0 Å². The van der Waals surface area contributed by atoms with E-state index in [1.54, 1.807) is 13.8 Å². The van der Waals surface area contributed by atoms with Gasteiger partial charge in [0.1, 0.15) is 0 Å². The maximum atomic E-state index is 11.8. The first kappa shape index (κ1) is 16.6. The molecule has 0 spiro atoms. The first-order valence-corrected chi connectivity index (χ1v) is 7.91. The summed E-state index contributed by atoms with van der Waals surface area (Å²) in [7, 11) is -3.50. The number of nitrogens with one attached hydrogen (secondary N) is 2. The van der Waals surface area contributed by atoms with Gasteiger partial charge in [0.25, 0.3) is 5.91 Å². The van der Waals surface area contributed by atoms with Crippen molar-refractivity contribution < 1.29 is 18.3 Å². The quantitative estimate of drug-likeness (QED) is 0.683. The van der Waals surface area contributed by atoms with E-state index in [2.05, 4.69) is 10.0 Å². The highest BCUT2D eigenvalue weighted by molar-refractivity contribution is 7.89. The lowest BCUT2D eigenvalue weighted by Gasteiger charge is -2.08. The van der Waals surface area contributed by atoms with Crippen molar-refractivity contribution in [2.45, 2.75) is 31.3 Å². The van der Waals surface area contributed by atoms with E-state index >= 15 is 0 Å². The molecule has 20 heavy (non-hydrogen) atoms. The van der Waals surface area contributed by atoms with E-state index < -0.39 is 16.1 Å². The lowest BCUT2D eigenvalue weighted by atomic mass is 10.2. The molecule has 0 aliphatic heterocycles. The fourth-order valence-corrected chi connectivity index (χ4v) is 2.60. The molecule has 0 aromatic heterocycles. The SMILES string of the molecule is CCNS(=O)(=O)c1ccc(C(=O)NCCC(C)O)cc1. The van der Waals surface area contributed by atoms with E-state index in [9.17, 15) is 13.2 Å². The maximum Gasteiger partial charge on any atom is 0.251 e. The molecule has 1 rings (SSSR count). The van der Waals surface area contributed by atoms with Crippen molar-refractivity contribution in [1.82, 2.24) is 10.0 Å². The van der Waals surface area contributed by atoms with Gasteiger partial charge in [0.2, 0.25) is 10.0 Å². The van der Waals surface area contributed by atoms with Gasteiger partial charge in [-0.2, -0.15) is 0 Å². The van der Waals surface area contributed by atoms with Crippen LogP contribution in [0.5, 0.6) is 0 Å². The standard InChI is InChI=1S/C13H20N2O4S/c1-3-15-20(18,19)12-6-4-11(5-7-12)13(17)14-9-8-10(2)16/h4-7,10,15-16H,3,8-9H2,1-2H3,(H,14,17). The number of carbonyl (C=O) groups excluding carboxylic acids is 1. The van der Waals surface area contributed by atoms with Gasteiger partial charge in [0.15, 0.2) is 0 Å². The second-order valence-corrected chi connectivity index (χ2v) is 6.19. The van der Waals surface area contributed by atoms with Crippen LogP contribution in [-0.2, 0) is 10.0 Å². The molecule has 0 aliphatic carbocycles. The van der Waals surface area contributed by atoms with Crippen LogP contribution in [0.15, 0.2) is 29.2 Å². The predicted octanol–water partition coefficient (Wildman–Crippen LogP) is 0.485. The van der Waals surface area contributed by atoms with Crippen LogP contribution in [-0.4, -0.2) is 38.6 Å². The van der Waals surface area contributed by atoms with E-state index in [1.165, 1.54) is 24.3 Å². The molecule has 0 fully saturated rings. The summed E-state index contributed by atoms with van der Waals surface area (Å²) in [5, 5.41) is 11.7. The van der Waals surface area contributed by atoms with Gasteiger partial charge in [-0.1, -0.05) is 6.92 Å². The zero-order valence-corrected chi connectivity index (χ0v) is 12.4. The fourth-order valence-electron chi connectivity index (χ4n) is 1.56. The molecule has 1 aromatic rings. The molecule has 0 aliphatic rings. The van der Waals surface area contributed by atoms with Crippen molar-refractivity contribution in [3.8, 4) is 0 Å². The second-order valence-electron chi connectivity index (χ2n) is 4.42. The van der Waals surface area contributed by atoms with Crippen molar-refractivity contribution in [2.24, 2.45) is 0 Å². The molecule has 112 valence electrons. The third-order valence-electron chi connectivity index (χ3n) is 2.61. The fraction of sp³-hybridized carbons (Fsp3) is 0.462. The van der Waals surface area contributed by atoms with Crippen molar-refractivity contribution >= 4 is 15.9 Å². The summed E-state index contributed by atoms with van der Waals surface area (Å²) >= 11 is 0. The van der Waals surface area contributed by atoms with E-state index in [4.69, 9.17) is 5.11 Å².